The van der Waals surface area contributed by atoms with Crippen molar-refractivity contribution in [1.82, 2.24) is 4.72 Å². The van der Waals surface area contributed by atoms with Gasteiger partial charge in [0.1, 0.15) is 18.1 Å². The molecule has 1 amide bonds. The van der Waals surface area contributed by atoms with Crippen molar-refractivity contribution in [2.24, 2.45) is 23.7 Å². The predicted molar refractivity (Wildman–Crippen MR) is 125 cm³/mol. The average Bonchev–Trinajstić information content (AvgIpc) is 3.26. The molecule has 2 aliphatic carbocycles. The summed E-state index contributed by atoms with van der Waals surface area (Å²) in [5, 5.41) is 0. The maximum atomic E-state index is 13.0. The maximum Gasteiger partial charge on any atom is 0.516 e. The number of nitrogens with one attached hydrogen (secondary N) is 1. The summed E-state index contributed by atoms with van der Waals surface area (Å²) in [6, 6.07) is 3.51. The standard InChI is InChI=1S/C17H11F3I3NO7S/c18-17(19,20)32(28,29)24-14(25)8-4-3-5-9(15(26)30-12(5)8)13(4)31-16(27)10-6(21)1-2-7(22)11(10)23/h1-2,4-5,8-9,12-13H,3H2,(H,24,25). The van der Waals surface area contributed by atoms with Crippen LogP contribution < -0.4 is 4.72 Å². The molecule has 1 aromatic rings. The van der Waals surface area contributed by atoms with Crippen LogP contribution in [0.3, 0.4) is 0 Å². The highest BCUT2D eigenvalue weighted by molar-refractivity contribution is 14.1. The van der Waals surface area contributed by atoms with Crippen LogP contribution >= 0.6 is 67.8 Å². The van der Waals surface area contributed by atoms with Gasteiger partial charge in [-0.3, -0.25) is 9.59 Å². The number of fused-ring (bicyclic) bond motifs is 1. The van der Waals surface area contributed by atoms with Gasteiger partial charge in [0.25, 0.3) is 0 Å². The number of hydrogen-bond acceptors (Lipinski definition) is 7. The van der Waals surface area contributed by atoms with Crippen LogP contribution in [0.5, 0.6) is 0 Å². The quantitative estimate of drug-likeness (QED) is 0.283. The van der Waals surface area contributed by atoms with E-state index in [0.29, 0.717) is 7.14 Å². The highest BCUT2D eigenvalue weighted by atomic mass is 127. The lowest BCUT2D eigenvalue weighted by atomic mass is 9.79. The van der Waals surface area contributed by atoms with E-state index in [2.05, 4.69) is 0 Å². The average molecular weight is 811 g/mol. The Kier molecular flexibility index (Phi) is 6.44. The van der Waals surface area contributed by atoms with Crippen LogP contribution in [0.4, 0.5) is 13.2 Å². The van der Waals surface area contributed by atoms with E-state index in [4.69, 9.17) is 9.47 Å². The zero-order valence-corrected chi connectivity index (χ0v) is 22.6. The van der Waals surface area contributed by atoms with Gasteiger partial charge >= 0.3 is 27.5 Å². The molecule has 15 heteroatoms. The van der Waals surface area contributed by atoms with Crippen LogP contribution in [0.2, 0.25) is 0 Å². The molecule has 174 valence electrons. The van der Waals surface area contributed by atoms with Gasteiger partial charge in [-0.1, -0.05) is 0 Å². The number of carbonyl (C=O) groups excluding carboxylic acids is 3. The smallest absolute Gasteiger partial charge is 0.461 e. The molecule has 0 radical (unpaired) electrons. The van der Waals surface area contributed by atoms with Gasteiger partial charge < -0.3 is 9.47 Å². The van der Waals surface area contributed by atoms with Crippen LogP contribution in [0.25, 0.3) is 0 Å². The number of hydrogen-bond donors (Lipinski definition) is 1. The molecule has 32 heavy (non-hydrogen) atoms. The van der Waals surface area contributed by atoms with E-state index in [-0.39, 0.29) is 12.0 Å². The highest BCUT2D eigenvalue weighted by Gasteiger charge is 2.70. The first kappa shape index (κ1) is 24.7. The summed E-state index contributed by atoms with van der Waals surface area (Å²) in [5.41, 5.74) is -5.41. The normalized spacial score (nSPS) is 30.9. The van der Waals surface area contributed by atoms with Gasteiger partial charge in [0.15, 0.2) is 0 Å². The number of ether oxygens (including phenoxy) is 2. The fourth-order valence-corrected chi connectivity index (χ4v) is 7.49. The lowest BCUT2D eigenvalue weighted by Crippen LogP contribution is -2.50. The molecule has 1 aromatic carbocycles. The maximum absolute atomic E-state index is 13.0. The second-order valence-corrected chi connectivity index (χ2v) is 12.6. The van der Waals surface area contributed by atoms with E-state index in [1.165, 1.54) is 0 Å². The summed E-state index contributed by atoms with van der Waals surface area (Å²) >= 11 is 5.97. The number of amides is 1. The van der Waals surface area contributed by atoms with Gasteiger partial charge in [0.2, 0.25) is 5.91 Å². The first-order valence-electron chi connectivity index (χ1n) is 8.92. The summed E-state index contributed by atoms with van der Waals surface area (Å²) < 4.78 is 74.7. The van der Waals surface area contributed by atoms with Crippen molar-refractivity contribution in [3.63, 3.8) is 0 Å². The number of carbonyl (C=O) groups is 3. The lowest BCUT2D eigenvalue weighted by Gasteiger charge is -2.30. The second kappa shape index (κ2) is 8.35. The Hall–Kier alpha value is -0.440. The van der Waals surface area contributed by atoms with E-state index < -0.39 is 69.3 Å². The van der Waals surface area contributed by atoms with Crippen LogP contribution in [0, 0.1) is 34.4 Å². The summed E-state index contributed by atoms with van der Waals surface area (Å²) in [5.74, 6) is -6.54. The molecule has 1 N–H and O–H groups in total. The number of rotatable bonds is 4. The molecule has 2 bridgehead atoms. The second-order valence-electron chi connectivity index (χ2n) is 7.52. The molecule has 6 unspecified atom stereocenters. The zero-order chi connectivity index (χ0) is 23.7. The number of esters is 2. The topological polar surface area (TPSA) is 116 Å². The molecular weight excluding hydrogens is 800 g/mol. The van der Waals surface area contributed by atoms with Gasteiger partial charge in [0.05, 0.1) is 11.5 Å². The third-order valence-corrected chi connectivity index (χ3v) is 10.9. The Morgan fingerprint density at radius 3 is 2.38 bits per heavy atom. The van der Waals surface area contributed by atoms with E-state index in [1.54, 1.807) is 12.1 Å². The highest BCUT2D eigenvalue weighted by Crippen LogP contribution is 2.58. The van der Waals surface area contributed by atoms with E-state index in [1.807, 2.05) is 67.8 Å². The summed E-state index contributed by atoms with van der Waals surface area (Å²) in [6.07, 6.45) is -2.00. The summed E-state index contributed by atoms with van der Waals surface area (Å²) in [6.45, 7) is 0. The SMILES string of the molecule is O=C(OC1C2CC3C(OC(=O)C31)C2C(=O)NS(=O)(=O)C(F)(F)F)c1c(I)ccc(I)c1I. The molecular formula is C17H11F3I3NO7S. The largest absolute Gasteiger partial charge is 0.516 e. The zero-order valence-electron chi connectivity index (χ0n) is 15.4. The Balaban J connectivity index is 1.62. The van der Waals surface area contributed by atoms with Crippen LogP contribution in [0.15, 0.2) is 12.1 Å². The van der Waals surface area contributed by atoms with Crippen LogP contribution in [-0.2, 0) is 29.1 Å². The molecule has 0 spiro atoms. The minimum Gasteiger partial charge on any atom is -0.461 e. The summed E-state index contributed by atoms with van der Waals surface area (Å²) in [4.78, 5) is 37.9. The van der Waals surface area contributed by atoms with Crippen molar-refractivity contribution in [3.05, 3.63) is 28.4 Å². The van der Waals surface area contributed by atoms with Gasteiger partial charge in [-0.2, -0.15) is 21.6 Å². The number of sulfonamides is 1. The Labute approximate surface area is 220 Å². The molecule has 3 aliphatic rings. The number of benzene rings is 1. The predicted octanol–water partition coefficient (Wildman–Crippen LogP) is 2.80. The lowest BCUT2D eigenvalue weighted by molar-refractivity contribution is -0.146. The Morgan fingerprint density at radius 1 is 1.12 bits per heavy atom. The Bertz CT molecular complexity index is 1140. The van der Waals surface area contributed by atoms with E-state index in [0.717, 1.165) is 8.29 Å². The molecule has 0 aromatic heterocycles. The van der Waals surface area contributed by atoms with Crippen molar-refractivity contribution in [3.8, 4) is 0 Å². The van der Waals surface area contributed by atoms with Gasteiger partial charge in [0, 0.05) is 22.5 Å². The van der Waals surface area contributed by atoms with E-state index in [9.17, 15) is 36.0 Å². The monoisotopic (exact) mass is 811 g/mol. The van der Waals surface area contributed by atoms with Gasteiger partial charge in [-0.25, -0.2) is 9.52 Å². The van der Waals surface area contributed by atoms with E-state index >= 15 is 0 Å². The molecule has 3 fully saturated rings. The Morgan fingerprint density at radius 2 is 1.75 bits per heavy atom. The van der Waals surface area contributed by atoms with Crippen LogP contribution in [0.1, 0.15) is 16.8 Å². The first-order chi connectivity index (χ1) is 14.7. The number of alkyl halides is 3. The first-order valence-corrected chi connectivity index (χ1v) is 13.6. The van der Waals surface area contributed by atoms with Crippen molar-refractivity contribution in [2.75, 3.05) is 0 Å². The third-order valence-electron chi connectivity index (χ3n) is 5.88. The number of halogens is 6. The van der Waals surface area contributed by atoms with Crippen LogP contribution in [-0.4, -0.2) is 44.0 Å². The fraction of sp³-hybridized carbons (Fsp3) is 0.471. The minimum absolute atomic E-state index is 0.184. The molecule has 1 aliphatic heterocycles. The van der Waals surface area contributed by atoms with Gasteiger partial charge in [-0.05, 0) is 86.3 Å². The molecule has 1 heterocycles. The van der Waals surface area contributed by atoms with Crippen molar-refractivity contribution >= 4 is 95.6 Å². The molecule has 2 saturated carbocycles. The van der Waals surface area contributed by atoms with Crippen molar-refractivity contribution in [2.45, 2.75) is 24.1 Å². The molecule has 1 saturated heterocycles. The molecule has 4 rings (SSSR count). The molecule has 6 atom stereocenters. The summed E-state index contributed by atoms with van der Waals surface area (Å²) in [7, 11) is -5.93. The minimum atomic E-state index is -5.93. The third kappa shape index (κ3) is 3.91. The van der Waals surface area contributed by atoms with Crippen molar-refractivity contribution in [1.29, 1.82) is 0 Å². The molecule has 8 nitrogen and oxygen atoms in total. The van der Waals surface area contributed by atoms with Gasteiger partial charge in [-0.15, -0.1) is 0 Å². The fourth-order valence-electron chi connectivity index (χ4n) is 4.65. The van der Waals surface area contributed by atoms with Crippen molar-refractivity contribution < 1.29 is 45.4 Å².